The van der Waals surface area contributed by atoms with Crippen molar-refractivity contribution in [2.45, 2.75) is 41.0 Å². The van der Waals surface area contributed by atoms with Crippen LogP contribution in [-0.4, -0.2) is 15.7 Å². The van der Waals surface area contributed by atoms with Crippen molar-refractivity contribution in [3.63, 3.8) is 0 Å². The van der Waals surface area contributed by atoms with Crippen LogP contribution in [0.25, 0.3) is 0 Å². The maximum Gasteiger partial charge on any atom is 0.243 e. The summed E-state index contributed by atoms with van der Waals surface area (Å²) >= 11 is 0. The summed E-state index contributed by atoms with van der Waals surface area (Å²) in [6.45, 7) is 10.2. The lowest BCUT2D eigenvalue weighted by Gasteiger charge is -2.08. The molecule has 0 unspecified atom stereocenters. The van der Waals surface area contributed by atoms with Crippen molar-refractivity contribution in [2.75, 3.05) is 5.43 Å². The van der Waals surface area contributed by atoms with Crippen LogP contribution in [0, 0.1) is 19.8 Å². The van der Waals surface area contributed by atoms with Crippen LogP contribution in [0.3, 0.4) is 0 Å². The molecule has 0 amide bonds. The maximum absolute atomic E-state index is 4.29. The second kappa shape index (κ2) is 5.58. The van der Waals surface area contributed by atoms with Gasteiger partial charge in [-0.25, -0.2) is 15.4 Å². The highest BCUT2D eigenvalue weighted by Gasteiger charge is 2.03. The van der Waals surface area contributed by atoms with Gasteiger partial charge in [-0.3, -0.25) is 0 Å². The van der Waals surface area contributed by atoms with E-state index in [1.165, 1.54) is 0 Å². The smallest absolute Gasteiger partial charge is 0.243 e. The van der Waals surface area contributed by atoms with E-state index in [0.29, 0.717) is 11.9 Å². The van der Waals surface area contributed by atoms with Gasteiger partial charge in [0.2, 0.25) is 5.95 Å². The lowest BCUT2D eigenvalue weighted by atomic mass is 10.1. The largest absolute Gasteiger partial charge is 0.245 e. The minimum Gasteiger partial charge on any atom is -0.245 e. The van der Waals surface area contributed by atoms with Gasteiger partial charge in [0.05, 0.1) is 0 Å². The Bertz CT molecular complexity index is 364. The minimum absolute atomic E-state index is 0.485. The van der Waals surface area contributed by atoms with Crippen LogP contribution in [0.4, 0.5) is 5.95 Å². The molecule has 16 heavy (non-hydrogen) atoms. The molecule has 1 rings (SSSR count). The summed E-state index contributed by atoms with van der Waals surface area (Å²) in [5.41, 5.74) is 5.88. The Kier molecular flexibility index (Phi) is 4.40. The topological polar surface area (TPSA) is 50.2 Å². The zero-order chi connectivity index (χ0) is 12.1. The van der Waals surface area contributed by atoms with E-state index >= 15 is 0 Å². The Morgan fingerprint density at radius 2 is 1.94 bits per heavy atom. The van der Waals surface area contributed by atoms with Crippen molar-refractivity contribution < 1.29 is 0 Å². The van der Waals surface area contributed by atoms with Crippen molar-refractivity contribution in [3.8, 4) is 0 Å². The van der Waals surface area contributed by atoms with Crippen molar-refractivity contribution in [2.24, 2.45) is 11.0 Å². The van der Waals surface area contributed by atoms with E-state index in [1.807, 2.05) is 26.8 Å². The van der Waals surface area contributed by atoms with Gasteiger partial charge in [0, 0.05) is 17.1 Å². The molecule has 88 valence electrons. The summed E-state index contributed by atoms with van der Waals surface area (Å²) in [6, 6.07) is 1.94. The van der Waals surface area contributed by atoms with Gasteiger partial charge in [-0.05, 0) is 39.2 Å². The molecule has 0 bridgehead atoms. The molecule has 0 aliphatic heterocycles. The van der Waals surface area contributed by atoms with Gasteiger partial charge >= 0.3 is 0 Å². The van der Waals surface area contributed by atoms with Gasteiger partial charge in [-0.2, -0.15) is 5.10 Å². The van der Waals surface area contributed by atoms with Gasteiger partial charge in [-0.1, -0.05) is 13.8 Å². The SMILES string of the molecule is CC[C@H](C)/C(C)=N\Nc1nc(C)cc(C)n1. The average Bonchev–Trinajstić information content (AvgIpc) is 2.23. The average molecular weight is 220 g/mol. The number of hydrazone groups is 1. The highest BCUT2D eigenvalue weighted by molar-refractivity contribution is 5.84. The van der Waals surface area contributed by atoms with Crippen LogP contribution >= 0.6 is 0 Å². The monoisotopic (exact) mass is 220 g/mol. The van der Waals surface area contributed by atoms with E-state index in [9.17, 15) is 0 Å². The number of nitrogens with zero attached hydrogens (tertiary/aromatic N) is 3. The van der Waals surface area contributed by atoms with E-state index in [-0.39, 0.29) is 0 Å². The number of rotatable bonds is 4. The molecule has 0 aliphatic carbocycles. The standard InChI is InChI=1S/C12H20N4/c1-6-8(2)11(5)15-16-12-13-9(3)7-10(4)14-12/h7-8H,6H2,1-5H3,(H,13,14,16)/b15-11-/t8-/m0/s1. The molecular formula is C12H20N4. The highest BCUT2D eigenvalue weighted by Crippen LogP contribution is 2.06. The molecule has 1 atom stereocenters. The Balaban J connectivity index is 2.74. The molecule has 0 radical (unpaired) electrons. The molecule has 0 aliphatic rings. The third kappa shape index (κ3) is 3.61. The van der Waals surface area contributed by atoms with E-state index in [2.05, 4.69) is 34.3 Å². The first-order valence-electron chi connectivity index (χ1n) is 5.65. The first-order chi connectivity index (χ1) is 7.52. The molecule has 1 aromatic heterocycles. The van der Waals surface area contributed by atoms with Crippen molar-refractivity contribution in [3.05, 3.63) is 17.5 Å². The van der Waals surface area contributed by atoms with Gasteiger partial charge < -0.3 is 0 Å². The molecule has 4 heteroatoms. The molecule has 1 heterocycles. The third-order valence-corrected chi connectivity index (χ3v) is 2.64. The molecular weight excluding hydrogens is 200 g/mol. The second-order valence-electron chi connectivity index (χ2n) is 4.15. The number of nitrogens with one attached hydrogen (secondary N) is 1. The molecule has 0 aromatic carbocycles. The summed E-state index contributed by atoms with van der Waals surface area (Å²) in [6.07, 6.45) is 1.09. The first kappa shape index (κ1) is 12.6. The predicted molar refractivity (Wildman–Crippen MR) is 67.7 cm³/mol. The number of hydrogen-bond acceptors (Lipinski definition) is 4. The zero-order valence-electron chi connectivity index (χ0n) is 10.7. The normalized spacial score (nSPS) is 13.7. The molecule has 0 saturated heterocycles. The third-order valence-electron chi connectivity index (χ3n) is 2.64. The van der Waals surface area contributed by atoms with Crippen LogP contribution in [0.2, 0.25) is 0 Å². The highest BCUT2D eigenvalue weighted by atomic mass is 15.4. The molecule has 1 aromatic rings. The van der Waals surface area contributed by atoms with E-state index < -0.39 is 0 Å². The fraction of sp³-hybridized carbons (Fsp3) is 0.583. The Hall–Kier alpha value is -1.45. The van der Waals surface area contributed by atoms with E-state index in [4.69, 9.17) is 0 Å². The van der Waals surface area contributed by atoms with E-state index in [1.54, 1.807) is 0 Å². The summed E-state index contributed by atoms with van der Waals surface area (Å²) in [7, 11) is 0. The number of aromatic nitrogens is 2. The zero-order valence-corrected chi connectivity index (χ0v) is 10.7. The van der Waals surface area contributed by atoms with E-state index in [0.717, 1.165) is 23.5 Å². The molecule has 0 saturated carbocycles. The van der Waals surface area contributed by atoms with Crippen LogP contribution in [0.15, 0.2) is 11.2 Å². The van der Waals surface area contributed by atoms with Crippen LogP contribution in [-0.2, 0) is 0 Å². The molecule has 1 N–H and O–H groups in total. The fourth-order valence-corrected chi connectivity index (χ4v) is 1.32. The summed E-state index contributed by atoms with van der Waals surface area (Å²) in [5.74, 6) is 1.05. The Labute approximate surface area is 97.2 Å². The van der Waals surface area contributed by atoms with Gasteiger partial charge in [0.15, 0.2) is 0 Å². The van der Waals surface area contributed by atoms with Gasteiger partial charge in [0.1, 0.15) is 0 Å². The number of anilines is 1. The van der Waals surface area contributed by atoms with Crippen LogP contribution in [0.1, 0.15) is 38.6 Å². The molecule has 0 fully saturated rings. The van der Waals surface area contributed by atoms with Crippen molar-refractivity contribution in [1.82, 2.24) is 9.97 Å². The molecule has 4 nitrogen and oxygen atoms in total. The number of aryl methyl sites for hydroxylation is 2. The van der Waals surface area contributed by atoms with Crippen LogP contribution in [0.5, 0.6) is 0 Å². The maximum atomic E-state index is 4.29. The van der Waals surface area contributed by atoms with Gasteiger partial charge in [-0.15, -0.1) is 0 Å². The summed E-state index contributed by atoms with van der Waals surface area (Å²) in [5, 5.41) is 4.29. The first-order valence-corrected chi connectivity index (χ1v) is 5.65. The minimum atomic E-state index is 0.485. The Morgan fingerprint density at radius 3 is 2.44 bits per heavy atom. The van der Waals surface area contributed by atoms with Crippen LogP contribution < -0.4 is 5.43 Å². The summed E-state index contributed by atoms with van der Waals surface area (Å²) < 4.78 is 0. The summed E-state index contributed by atoms with van der Waals surface area (Å²) in [4.78, 5) is 8.52. The fourth-order valence-electron chi connectivity index (χ4n) is 1.32. The van der Waals surface area contributed by atoms with Crippen molar-refractivity contribution in [1.29, 1.82) is 0 Å². The predicted octanol–water partition coefficient (Wildman–Crippen LogP) is 2.93. The quantitative estimate of drug-likeness (QED) is 0.627. The van der Waals surface area contributed by atoms with Gasteiger partial charge in [0.25, 0.3) is 0 Å². The lowest BCUT2D eigenvalue weighted by molar-refractivity contribution is 0.734. The molecule has 0 spiro atoms. The van der Waals surface area contributed by atoms with Crippen molar-refractivity contribution >= 4 is 11.7 Å². The number of hydrogen-bond donors (Lipinski definition) is 1. The second-order valence-corrected chi connectivity index (χ2v) is 4.15. The lowest BCUT2D eigenvalue weighted by Crippen LogP contribution is -2.09. The Morgan fingerprint density at radius 1 is 1.38 bits per heavy atom.